The molecule has 0 saturated carbocycles. The number of hydrogen-bond acceptors (Lipinski definition) is 9. The molecule has 2 N–H and O–H groups in total. The molecular weight excluding hydrogens is 427 g/mol. The van der Waals surface area contributed by atoms with Crippen molar-refractivity contribution >= 4 is 40.8 Å². The van der Waals surface area contributed by atoms with Crippen LogP contribution in [0.15, 0.2) is 5.16 Å². The van der Waals surface area contributed by atoms with Gasteiger partial charge in [0.15, 0.2) is 16.8 Å². The SMILES string of the molecule is COCC1CCC(N2CNc3c(NCCSC)nc(SCCC(F)(F)F)nc32)O1. The van der Waals surface area contributed by atoms with Gasteiger partial charge in [-0.1, -0.05) is 11.8 Å². The maximum absolute atomic E-state index is 12.5. The summed E-state index contributed by atoms with van der Waals surface area (Å²) in [4.78, 5) is 11.0. The molecule has 29 heavy (non-hydrogen) atoms. The van der Waals surface area contributed by atoms with Gasteiger partial charge in [0.2, 0.25) is 0 Å². The first-order valence-corrected chi connectivity index (χ1v) is 11.8. The van der Waals surface area contributed by atoms with Gasteiger partial charge in [-0.05, 0) is 19.1 Å². The molecule has 0 aliphatic carbocycles. The van der Waals surface area contributed by atoms with Crippen LogP contribution in [0.1, 0.15) is 19.3 Å². The Morgan fingerprint density at radius 1 is 1.31 bits per heavy atom. The van der Waals surface area contributed by atoms with Crippen LogP contribution >= 0.6 is 23.5 Å². The highest BCUT2D eigenvalue weighted by molar-refractivity contribution is 7.99. The van der Waals surface area contributed by atoms with Crippen LogP contribution in [0.4, 0.5) is 30.5 Å². The van der Waals surface area contributed by atoms with Crippen molar-refractivity contribution in [3.63, 3.8) is 0 Å². The number of thioether (sulfide) groups is 2. The van der Waals surface area contributed by atoms with E-state index in [1.54, 1.807) is 18.9 Å². The Balaban J connectivity index is 1.76. The average Bonchev–Trinajstić information content (AvgIpc) is 3.28. The van der Waals surface area contributed by atoms with Crippen molar-refractivity contribution in [1.82, 2.24) is 9.97 Å². The molecule has 2 aliphatic heterocycles. The van der Waals surface area contributed by atoms with Gasteiger partial charge in [0.1, 0.15) is 11.9 Å². The Bertz CT molecular complexity index is 683. The molecule has 2 atom stereocenters. The van der Waals surface area contributed by atoms with E-state index in [4.69, 9.17) is 9.47 Å². The van der Waals surface area contributed by atoms with Gasteiger partial charge in [-0.2, -0.15) is 24.9 Å². The minimum atomic E-state index is -4.19. The lowest BCUT2D eigenvalue weighted by molar-refractivity contribution is -0.129. The molecule has 2 unspecified atom stereocenters. The van der Waals surface area contributed by atoms with Crippen molar-refractivity contribution in [2.45, 2.75) is 42.9 Å². The second-order valence-corrected chi connectivity index (χ2v) is 8.78. The van der Waals surface area contributed by atoms with Crippen LogP contribution in [-0.2, 0) is 9.47 Å². The lowest BCUT2D eigenvalue weighted by Crippen LogP contribution is -2.36. The fourth-order valence-electron chi connectivity index (χ4n) is 3.22. The first-order chi connectivity index (χ1) is 13.9. The lowest BCUT2D eigenvalue weighted by Gasteiger charge is -2.25. The number of alkyl halides is 3. The topological polar surface area (TPSA) is 71.5 Å². The van der Waals surface area contributed by atoms with Crippen LogP contribution in [0.3, 0.4) is 0 Å². The van der Waals surface area contributed by atoms with Crippen LogP contribution in [0.5, 0.6) is 0 Å². The molecule has 164 valence electrons. The first-order valence-electron chi connectivity index (χ1n) is 9.40. The molecule has 1 fully saturated rings. The van der Waals surface area contributed by atoms with Crippen LogP contribution in [0.2, 0.25) is 0 Å². The molecule has 3 heterocycles. The summed E-state index contributed by atoms with van der Waals surface area (Å²) in [6, 6.07) is 0. The third kappa shape index (κ3) is 6.19. The summed E-state index contributed by atoms with van der Waals surface area (Å²) in [7, 11) is 1.65. The third-order valence-electron chi connectivity index (χ3n) is 4.57. The Morgan fingerprint density at radius 3 is 2.86 bits per heavy atom. The summed E-state index contributed by atoms with van der Waals surface area (Å²) in [5.41, 5.74) is 0.769. The molecule has 3 rings (SSSR count). The molecule has 1 aromatic rings. The molecular formula is C17H26F3N5O2S2. The van der Waals surface area contributed by atoms with Crippen molar-refractivity contribution < 1.29 is 22.6 Å². The number of hydrogen-bond donors (Lipinski definition) is 2. The number of halogens is 3. The van der Waals surface area contributed by atoms with E-state index in [9.17, 15) is 13.2 Å². The Kier molecular flexibility index (Phi) is 7.99. The minimum Gasteiger partial charge on any atom is -0.382 e. The van der Waals surface area contributed by atoms with E-state index in [-0.39, 0.29) is 18.1 Å². The number of nitrogens with one attached hydrogen (secondary N) is 2. The Labute approximate surface area is 176 Å². The van der Waals surface area contributed by atoms with Gasteiger partial charge in [0.25, 0.3) is 0 Å². The highest BCUT2D eigenvalue weighted by Gasteiger charge is 2.36. The van der Waals surface area contributed by atoms with Gasteiger partial charge in [-0.3, -0.25) is 0 Å². The number of nitrogens with zero attached hydrogens (tertiary/aromatic N) is 3. The van der Waals surface area contributed by atoms with Crippen molar-refractivity contribution in [1.29, 1.82) is 0 Å². The lowest BCUT2D eigenvalue weighted by atomic mass is 10.2. The maximum atomic E-state index is 12.5. The van der Waals surface area contributed by atoms with Gasteiger partial charge in [-0.25, -0.2) is 9.97 Å². The molecule has 0 amide bonds. The van der Waals surface area contributed by atoms with Crippen molar-refractivity contribution in [2.75, 3.05) is 60.2 Å². The molecule has 2 aliphatic rings. The molecule has 1 aromatic heterocycles. The normalized spacial score (nSPS) is 21.3. The van der Waals surface area contributed by atoms with Crippen molar-refractivity contribution in [3.05, 3.63) is 0 Å². The summed E-state index contributed by atoms with van der Waals surface area (Å²) < 4.78 is 48.8. The van der Waals surface area contributed by atoms with Crippen molar-refractivity contribution in [2.24, 2.45) is 0 Å². The van der Waals surface area contributed by atoms with Gasteiger partial charge in [-0.15, -0.1) is 0 Å². The first kappa shape index (κ1) is 22.6. The summed E-state index contributed by atoms with van der Waals surface area (Å²) in [6.07, 6.45) is -1.43. The largest absolute Gasteiger partial charge is 0.389 e. The smallest absolute Gasteiger partial charge is 0.382 e. The van der Waals surface area contributed by atoms with Crippen LogP contribution < -0.4 is 15.5 Å². The quantitative estimate of drug-likeness (QED) is 0.314. The molecule has 0 radical (unpaired) electrons. The van der Waals surface area contributed by atoms with Gasteiger partial charge < -0.3 is 25.0 Å². The minimum absolute atomic E-state index is 0.0377. The van der Waals surface area contributed by atoms with E-state index < -0.39 is 12.6 Å². The fraction of sp³-hybridized carbons (Fsp3) is 0.765. The van der Waals surface area contributed by atoms with E-state index in [1.165, 1.54) is 0 Å². The molecule has 0 bridgehead atoms. The molecule has 7 nitrogen and oxygen atoms in total. The van der Waals surface area contributed by atoms with Crippen LogP contribution in [0.25, 0.3) is 0 Å². The van der Waals surface area contributed by atoms with E-state index >= 15 is 0 Å². The number of ether oxygens (including phenoxy) is 2. The van der Waals surface area contributed by atoms with E-state index in [0.717, 1.165) is 36.0 Å². The summed E-state index contributed by atoms with van der Waals surface area (Å²) in [5, 5.41) is 6.92. The molecule has 0 spiro atoms. The van der Waals surface area contributed by atoms with Crippen LogP contribution in [0, 0.1) is 0 Å². The summed E-state index contributed by atoms with van der Waals surface area (Å²) in [6.45, 7) is 1.76. The monoisotopic (exact) mass is 453 g/mol. The van der Waals surface area contributed by atoms with Gasteiger partial charge >= 0.3 is 6.18 Å². The summed E-state index contributed by atoms with van der Waals surface area (Å²) in [5.74, 6) is 2.07. The zero-order valence-corrected chi connectivity index (χ0v) is 18.1. The molecule has 1 saturated heterocycles. The van der Waals surface area contributed by atoms with Crippen LogP contribution in [-0.4, -0.2) is 73.2 Å². The number of methoxy groups -OCH3 is 1. The second kappa shape index (κ2) is 10.3. The molecule has 0 aromatic carbocycles. The maximum Gasteiger partial charge on any atom is 0.389 e. The molecule has 12 heteroatoms. The second-order valence-electron chi connectivity index (χ2n) is 6.74. The predicted molar refractivity (Wildman–Crippen MR) is 111 cm³/mol. The van der Waals surface area contributed by atoms with Gasteiger partial charge in [0.05, 0.1) is 25.8 Å². The number of aromatic nitrogens is 2. The Morgan fingerprint density at radius 2 is 2.14 bits per heavy atom. The number of fused-ring (bicyclic) bond motifs is 1. The highest BCUT2D eigenvalue weighted by Crippen LogP contribution is 2.40. The van der Waals surface area contributed by atoms with E-state index in [2.05, 4.69) is 20.6 Å². The Hall–Kier alpha value is -1.11. The zero-order valence-electron chi connectivity index (χ0n) is 16.4. The highest BCUT2D eigenvalue weighted by atomic mass is 32.2. The number of anilines is 3. The third-order valence-corrected chi connectivity index (χ3v) is 6.03. The van der Waals surface area contributed by atoms with E-state index in [1.807, 2.05) is 11.2 Å². The zero-order chi connectivity index (χ0) is 20.9. The fourth-order valence-corrected chi connectivity index (χ4v) is 4.35. The average molecular weight is 454 g/mol. The number of rotatable bonds is 10. The summed E-state index contributed by atoms with van der Waals surface area (Å²) >= 11 is 2.72. The van der Waals surface area contributed by atoms with Crippen molar-refractivity contribution in [3.8, 4) is 0 Å². The standard InChI is InChI=1S/C17H26F3N5O2S2/c1-26-9-11-3-4-12(27-11)25-10-22-13-14(21-6-8-28-2)23-16(24-15(13)25)29-7-5-17(18,19)20/h11-12,22H,3-10H2,1-2H3,(H,21,23,24). The van der Waals surface area contributed by atoms with Gasteiger partial charge in [0, 0.05) is 25.2 Å². The predicted octanol–water partition coefficient (Wildman–Crippen LogP) is 3.64. The van der Waals surface area contributed by atoms with E-state index in [0.29, 0.717) is 36.6 Å².